The molecule has 1 saturated heterocycles. The van der Waals surface area contributed by atoms with E-state index in [0.29, 0.717) is 61.2 Å². The third-order valence-corrected chi connectivity index (χ3v) is 8.30. The average Bonchev–Trinajstić information content (AvgIpc) is 3.63. The monoisotopic (exact) mass is 511 g/mol. The van der Waals surface area contributed by atoms with E-state index in [1.165, 1.54) is 22.9 Å². The maximum atomic E-state index is 14.1. The fourth-order valence-corrected chi connectivity index (χ4v) is 5.45. The highest BCUT2D eigenvalue weighted by Crippen LogP contribution is 2.45. The minimum atomic E-state index is -1.39. The quantitative estimate of drug-likeness (QED) is 0.467. The van der Waals surface area contributed by atoms with Crippen molar-refractivity contribution in [3.63, 3.8) is 0 Å². The van der Waals surface area contributed by atoms with Gasteiger partial charge in [0, 0.05) is 42.8 Å². The molecular formula is C26H30FN5O3S. The van der Waals surface area contributed by atoms with Crippen molar-refractivity contribution < 1.29 is 13.3 Å². The van der Waals surface area contributed by atoms with Crippen LogP contribution >= 0.6 is 0 Å². The molecule has 0 bridgehead atoms. The average molecular weight is 512 g/mol. The normalized spacial score (nSPS) is 18.1. The molecular weight excluding hydrogens is 481 g/mol. The first-order chi connectivity index (χ1) is 17.3. The molecule has 1 saturated carbocycles. The first-order valence-corrected chi connectivity index (χ1v) is 13.3. The summed E-state index contributed by atoms with van der Waals surface area (Å²) in [5.41, 5.74) is 7.67. The van der Waals surface area contributed by atoms with Crippen LogP contribution in [0.4, 0.5) is 15.8 Å². The Bertz CT molecular complexity index is 1320. The molecule has 2 aliphatic rings. The number of halogens is 1. The number of hydrogen-bond donors (Lipinski definition) is 1. The number of anilines is 2. The van der Waals surface area contributed by atoms with Crippen molar-refractivity contribution in [1.82, 2.24) is 14.1 Å². The van der Waals surface area contributed by atoms with E-state index in [1.807, 2.05) is 39.5 Å². The third kappa shape index (κ3) is 5.29. The predicted molar refractivity (Wildman–Crippen MR) is 139 cm³/mol. The SMILES string of the molecule is CC1(COc2c(N3CCN(S(=O)Cc4cc(N)ccc4F)CC3)cnn(-c3ccccc3)c2=O)CC1. The van der Waals surface area contributed by atoms with Crippen molar-refractivity contribution in [2.75, 3.05) is 43.4 Å². The van der Waals surface area contributed by atoms with E-state index in [0.717, 1.165) is 12.8 Å². The Morgan fingerprint density at radius 2 is 1.83 bits per heavy atom. The van der Waals surface area contributed by atoms with Crippen LogP contribution in [0.1, 0.15) is 25.3 Å². The smallest absolute Gasteiger partial charge is 0.316 e. The molecule has 8 nitrogen and oxygen atoms in total. The van der Waals surface area contributed by atoms with Crippen LogP contribution in [0.25, 0.3) is 5.69 Å². The van der Waals surface area contributed by atoms with Gasteiger partial charge in [-0.25, -0.2) is 12.9 Å². The standard InChI is InChI=1S/C26H30FN5O3S/c1-26(9-10-26)18-35-24-23(16-29-32(25(24)33)21-5-3-2-4-6-21)30-11-13-31(14-12-30)36(34)17-19-15-20(28)7-8-22(19)27/h2-8,15-16H,9-14,17-18,28H2,1H3. The van der Waals surface area contributed by atoms with Gasteiger partial charge in [-0.1, -0.05) is 25.1 Å². The van der Waals surface area contributed by atoms with Crippen molar-refractivity contribution in [1.29, 1.82) is 0 Å². The molecule has 1 aromatic heterocycles. The third-order valence-electron chi connectivity index (χ3n) is 6.80. The van der Waals surface area contributed by atoms with E-state index in [1.54, 1.807) is 6.20 Å². The molecule has 3 aromatic rings. The number of para-hydroxylation sites is 1. The van der Waals surface area contributed by atoms with Gasteiger partial charge in [-0.2, -0.15) is 9.78 Å². The van der Waals surface area contributed by atoms with Crippen LogP contribution < -0.4 is 20.9 Å². The molecule has 10 heteroatoms. The van der Waals surface area contributed by atoms with Crippen LogP contribution in [-0.2, 0) is 16.7 Å². The fourth-order valence-electron chi connectivity index (χ4n) is 4.21. The van der Waals surface area contributed by atoms with Crippen molar-refractivity contribution in [2.45, 2.75) is 25.5 Å². The summed E-state index contributed by atoms with van der Waals surface area (Å²) in [5.74, 6) is -0.0517. The van der Waals surface area contributed by atoms with Crippen LogP contribution in [0.3, 0.4) is 0 Å². The lowest BCUT2D eigenvalue weighted by Gasteiger charge is -2.35. The van der Waals surface area contributed by atoms with E-state index in [4.69, 9.17) is 10.5 Å². The van der Waals surface area contributed by atoms with Crippen LogP contribution in [0.15, 0.2) is 59.5 Å². The Hall–Kier alpha value is -3.24. The zero-order chi connectivity index (χ0) is 25.3. The number of hydrogen-bond acceptors (Lipinski definition) is 6. The zero-order valence-corrected chi connectivity index (χ0v) is 21.0. The molecule has 190 valence electrons. The van der Waals surface area contributed by atoms with Crippen molar-refractivity contribution in [3.8, 4) is 11.4 Å². The van der Waals surface area contributed by atoms with Crippen LogP contribution in [0, 0.1) is 11.2 Å². The first kappa shape index (κ1) is 24.5. The van der Waals surface area contributed by atoms with Gasteiger partial charge in [0.1, 0.15) is 11.5 Å². The summed E-state index contributed by atoms with van der Waals surface area (Å²) in [4.78, 5) is 15.5. The van der Waals surface area contributed by atoms with E-state index in [-0.39, 0.29) is 16.7 Å². The number of piperazine rings is 1. The lowest BCUT2D eigenvalue weighted by molar-refractivity contribution is 0.242. The van der Waals surface area contributed by atoms with Crippen molar-refractivity contribution in [3.05, 3.63) is 76.5 Å². The minimum Gasteiger partial charge on any atom is -0.486 e. The second-order valence-electron chi connectivity index (χ2n) is 9.74. The molecule has 2 heterocycles. The first-order valence-electron chi connectivity index (χ1n) is 12.1. The Morgan fingerprint density at radius 1 is 1.11 bits per heavy atom. The zero-order valence-electron chi connectivity index (χ0n) is 20.2. The molecule has 2 fully saturated rings. The molecule has 2 aromatic carbocycles. The van der Waals surface area contributed by atoms with Crippen molar-refractivity contribution >= 4 is 22.4 Å². The number of nitrogens with zero attached hydrogens (tertiary/aromatic N) is 4. The molecule has 1 atom stereocenters. The summed E-state index contributed by atoms with van der Waals surface area (Å²) in [7, 11) is -1.39. The largest absolute Gasteiger partial charge is 0.486 e. The van der Waals surface area contributed by atoms with Gasteiger partial charge in [0.2, 0.25) is 5.75 Å². The van der Waals surface area contributed by atoms with Crippen LogP contribution in [-0.4, -0.2) is 51.1 Å². The lowest BCUT2D eigenvalue weighted by Crippen LogP contribution is -2.47. The summed E-state index contributed by atoms with van der Waals surface area (Å²) < 4.78 is 36.4. The van der Waals surface area contributed by atoms with Gasteiger partial charge in [0.15, 0.2) is 0 Å². The van der Waals surface area contributed by atoms with Gasteiger partial charge in [-0.15, -0.1) is 0 Å². The molecule has 36 heavy (non-hydrogen) atoms. The molecule has 2 N–H and O–H groups in total. The topological polar surface area (TPSA) is 93.7 Å². The number of nitrogens with two attached hydrogens (primary N) is 1. The molecule has 0 radical (unpaired) electrons. The molecule has 0 amide bonds. The molecule has 1 aliphatic carbocycles. The highest BCUT2D eigenvalue weighted by molar-refractivity contribution is 7.81. The number of aromatic nitrogens is 2. The molecule has 0 spiro atoms. The Morgan fingerprint density at radius 3 is 2.53 bits per heavy atom. The predicted octanol–water partition coefficient (Wildman–Crippen LogP) is 3.12. The highest BCUT2D eigenvalue weighted by Gasteiger charge is 2.39. The maximum Gasteiger partial charge on any atom is 0.316 e. The highest BCUT2D eigenvalue weighted by atomic mass is 32.2. The van der Waals surface area contributed by atoms with Gasteiger partial charge < -0.3 is 15.4 Å². The fraction of sp³-hybridized carbons (Fsp3) is 0.385. The number of ether oxygens (including phenoxy) is 1. The molecule has 1 aliphatic heterocycles. The summed E-state index contributed by atoms with van der Waals surface area (Å²) in [6, 6.07) is 13.6. The maximum absolute atomic E-state index is 14.1. The van der Waals surface area contributed by atoms with Gasteiger partial charge in [0.05, 0.1) is 35.2 Å². The van der Waals surface area contributed by atoms with Crippen molar-refractivity contribution in [2.24, 2.45) is 5.41 Å². The number of rotatable bonds is 8. The second-order valence-corrected chi connectivity index (χ2v) is 11.2. The Balaban J connectivity index is 1.33. The Kier molecular flexibility index (Phi) is 6.81. The Labute approximate surface area is 212 Å². The summed E-state index contributed by atoms with van der Waals surface area (Å²) >= 11 is 0. The van der Waals surface area contributed by atoms with Crippen LogP contribution in [0.2, 0.25) is 0 Å². The van der Waals surface area contributed by atoms with E-state index in [2.05, 4.69) is 12.0 Å². The summed E-state index contributed by atoms with van der Waals surface area (Å²) in [6.07, 6.45) is 3.84. The summed E-state index contributed by atoms with van der Waals surface area (Å²) in [5, 5.41) is 4.43. The molecule has 1 unspecified atom stereocenters. The van der Waals surface area contributed by atoms with E-state index in [9.17, 15) is 13.4 Å². The van der Waals surface area contributed by atoms with Gasteiger partial charge in [0.25, 0.3) is 0 Å². The van der Waals surface area contributed by atoms with E-state index >= 15 is 0 Å². The van der Waals surface area contributed by atoms with Crippen LogP contribution in [0.5, 0.6) is 5.75 Å². The van der Waals surface area contributed by atoms with E-state index < -0.39 is 16.8 Å². The number of benzene rings is 2. The van der Waals surface area contributed by atoms with Gasteiger partial charge in [-0.3, -0.25) is 4.79 Å². The lowest BCUT2D eigenvalue weighted by atomic mass is 10.2. The number of nitrogen functional groups attached to an aromatic ring is 1. The van der Waals surface area contributed by atoms with Gasteiger partial charge >= 0.3 is 5.56 Å². The summed E-state index contributed by atoms with van der Waals surface area (Å²) in [6.45, 7) is 4.69. The van der Waals surface area contributed by atoms with Gasteiger partial charge in [-0.05, 0) is 43.2 Å². The second kappa shape index (κ2) is 10.0. The molecule has 5 rings (SSSR count). The minimum absolute atomic E-state index is 0.0679.